The minimum absolute atomic E-state index is 0.489. The van der Waals surface area contributed by atoms with E-state index < -0.39 is 0 Å². The Morgan fingerprint density at radius 2 is 2.30 bits per heavy atom. The Morgan fingerprint density at radius 1 is 1.30 bits per heavy atom. The Balaban J connectivity index is 1.48. The standard InChI is InChI=1S/C13H13N5O2/c1-2-10(19-7-1)13-15-12(20-16-13)9-17-5-6-18-4-3-14-11(18)8-17/h1-4,7H,5-6,8-9H2. The van der Waals surface area contributed by atoms with Gasteiger partial charge in [-0.15, -0.1) is 0 Å². The largest absolute Gasteiger partial charge is 0.461 e. The van der Waals surface area contributed by atoms with Crippen molar-refractivity contribution in [3.63, 3.8) is 0 Å². The topological polar surface area (TPSA) is 73.1 Å². The fourth-order valence-electron chi connectivity index (χ4n) is 2.37. The Morgan fingerprint density at radius 3 is 3.20 bits per heavy atom. The first-order chi connectivity index (χ1) is 9.88. The monoisotopic (exact) mass is 271 g/mol. The van der Waals surface area contributed by atoms with Crippen molar-refractivity contribution in [3.05, 3.63) is 42.5 Å². The van der Waals surface area contributed by atoms with Crippen LogP contribution in [0.4, 0.5) is 0 Å². The van der Waals surface area contributed by atoms with Gasteiger partial charge in [0.1, 0.15) is 5.82 Å². The van der Waals surface area contributed by atoms with Gasteiger partial charge >= 0.3 is 0 Å². The predicted molar refractivity (Wildman–Crippen MR) is 68.3 cm³/mol. The molecular formula is C13H13N5O2. The molecule has 0 unspecified atom stereocenters. The van der Waals surface area contributed by atoms with Crippen molar-refractivity contribution in [2.24, 2.45) is 0 Å². The van der Waals surface area contributed by atoms with Gasteiger partial charge in [0.15, 0.2) is 5.76 Å². The highest BCUT2D eigenvalue weighted by Gasteiger charge is 2.19. The summed E-state index contributed by atoms with van der Waals surface area (Å²) in [6.07, 6.45) is 5.44. The highest BCUT2D eigenvalue weighted by Crippen LogP contribution is 2.18. The van der Waals surface area contributed by atoms with Gasteiger partial charge in [0.05, 0.1) is 19.4 Å². The SMILES string of the molecule is c1coc(-c2noc(CN3CCn4ccnc4C3)n2)c1. The first kappa shape index (κ1) is 11.4. The normalized spacial score (nSPS) is 15.4. The van der Waals surface area contributed by atoms with Crippen molar-refractivity contribution in [2.45, 2.75) is 19.6 Å². The van der Waals surface area contributed by atoms with Crippen LogP contribution in [0.25, 0.3) is 11.6 Å². The molecule has 0 N–H and O–H groups in total. The van der Waals surface area contributed by atoms with E-state index in [2.05, 4.69) is 24.6 Å². The van der Waals surface area contributed by atoms with Gasteiger partial charge in [0.2, 0.25) is 11.7 Å². The zero-order chi connectivity index (χ0) is 13.4. The molecule has 0 bridgehead atoms. The molecule has 3 aromatic rings. The number of aromatic nitrogens is 4. The van der Waals surface area contributed by atoms with Crippen molar-refractivity contribution < 1.29 is 8.94 Å². The van der Waals surface area contributed by atoms with Gasteiger partial charge in [-0.25, -0.2) is 4.98 Å². The molecule has 0 atom stereocenters. The zero-order valence-corrected chi connectivity index (χ0v) is 10.8. The maximum absolute atomic E-state index is 5.27. The highest BCUT2D eigenvalue weighted by molar-refractivity contribution is 5.44. The number of imidazole rings is 1. The summed E-state index contributed by atoms with van der Waals surface area (Å²) in [6.45, 7) is 3.31. The summed E-state index contributed by atoms with van der Waals surface area (Å²) in [6, 6.07) is 3.61. The Kier molecular flexibility index (Phi) is 2.63. The van der Waals surface area contributed by atoms with E-state index in [0.29, 0.717) is 24.0 Å². The number of rotatable bonds is 3. The fraction of sp³-hybridized carbons (Fsp3) is 0.308. The summed E-state index contributed by atoms with van der Waals surface area (Å²) in [4.78, 5) is 10.9. The lowest BCUT2D eigenvalue weighted by Gasteiger charge is -2.25. The maximum atomic E-state index is 5.27. The van der Waals surface area contributed by atoms with E-state index in [0.717, 1.165) is 25.5 Å². The Hall–Kier alpha value is -2.41. The third-order valence-corrected chi connectivity index (χ3v) is 3.39. The average Bonchev–Trinajstić information content (AvgIpc) is 3.19. The Labute approximate surface area is 114 Å². The van der Waals surface area contributed by atoms with Gasteiger partial charge in [-0.2, -0.15) is 4.98 Å². The number of hydrogen-bond donors (Lipinski definition) is 0. The van der Waals surface area contributed by atoms with Crippen molar-refractivity contribution >= 4 is 0 Å². The lowest BCUT2D eigenvalue weighted by atomic mass is 10.3. The second-order valence-corrected chi connectivity index (χ2v) is 4.74. The maximum Gasteiger partial charge on any atom is 0.241 e. The van der Waals surface area contributed by atoms with Crippen LogP contribution in [0, 0.1) is 0 Å². The van der Waals surface area contributed by atoms with Crippen LogP contribution in [0.2, 0.25) is 0 Å². The molecule has 1 aliphatic rings. The molecule has 0 saturated heterocycles. The predicted octanol–water partition coefficient (Wildman–Crippen LogP) is 1.54. The van der Waals surface area contributed by atoms with Crippen molar-refractivity contribution in [2.75, 3.05) is 6.54 Å². The number of nitrogens with zero attached hydrogens (tertiary/aromatic N) is 5. The summed E-state index contributed by atoms with van der Waals surface area (Å²) in [5.41, 5.74) is 0. The lowest BCUT2D eigenvalue weighted by Crippen LogP contribution is -2.33. The molecular weight excluding hydrogens is 258 g/mol. The van der Waals surface area contributed by atoms with E-state index in [1.54, 1.807) is 12.3 Å². The number of hydrogen-bond acceptors (Lipinski definition) is 6. The minimum Gasteiger partial charge on any atom is -0.461 e. The van der Waals surface area contributed by atoms with Gasteiger partial charge in [-0.1, -0.05) is 5.16 Å². The molecule has 4 heterocycles. The van der Waals surface area contributed by atoms with Crippen LogP contribution in [-0.4, -0.2) is 31.1 Å². The van der Waals surface area contributed by atoms with E-state index in [1.807, 2.05) is 18.5 Å². The van der Waals surface area contributed by atoms with Crippen LogP contribution in [0.1, 0.15) is 11.7 Å². The van der Waals surface area contributed by atoms with Gasteiger partial charge in [0.25, 0.3) is 0 Å². The van der Waals surface area contributed by atoms with E-state index >= 15 is 0 Å². The smallest absolute Gasteiger partial charge is 0.241 e. The minimum atomic E-state index is 0.489. The van der Waals surface area contributed by atoms with Crippen LogP contribution in [0.15, 0.2) is 39.7 Å². The highest BCUT2D eigenvalue weighted by atomic mass is 16.5. The summed E-state index contributed by atoms with van der Waals surface area (Å²) in [5, 5.41) is 3.93. The molecule has 3 aromatic heterocycles. The van der Waals surface area contributed by atoms with Crippen LogP contribution < -0.4 is 0 Å². The number of fused-ring (bicyclic) bond motifs is 1. The molecule has 7 heteroatoms. The average molecular weight is 271 g/mol. The summed E-state index contributed by atoms with van der Waals surface area (Å²) in [7, 11) is 0. The summed E-state index contributed by atoms with van der Waals surface area (Å²) < 4.78 is 12.7. The third-order valence-electron chi connectivity index (χ3n) is 3.39. The fourth-order valence-corrected chi connectivity index (χ4v) is 2.37. The van der Waals surface area contributed by atoms with Crippen LogP contribution >= 0.6 is 0 Å². The molecule has 0 spiro atoms. The molecule has 0 fully saturated rings. The molecule has 0 amide bonds. The van der Waals surface area contributed by atoms with Gasteiger partial charge in [0, 0.05) is 25.5 Å². The first-order valence-electron chi connectivity index (χ1n) is 6.47. The van der Waals surface area contributed by atoms with Crippen LogP contribution in [0.3, 0.4) is 0 Å². The molecule has 7 nitrogen and oxygen atoms in total. The van der Waals surface area contributed by atoms with Crippen LogP contribution in [0.5, 0.6) is 0 Å². The van der Waals surface area contributed by atoms with E-state index in [9.17, 15) is 0 Å². The quantitative estimate of drug-likeness (QED) is 0.719. The van der Waals surface area contributed by atoms with Crippen molar-refractivity contribution in [1.29, 1.82) is 0 Å². The van der Waals surface area contributed by atoms with E-state index in [4.69, 9.17) is 8.94 Å². The van der Waals surface area contributed by atoms with Crippen molar-refractivity contribution in [3.8, 4) is 11.6 Å². The second-order valence-electron chi connectivity index (χ2n) is 4.74. The Bertz CT molecular complexity index is 700. The molecule has 0 aromatic carbocycles. The molecule has 102 valence electrons. The molecule has 0 aliphatic carbocycles. The van der Waals surface area contributed by atoms with Gasteiger partial charge in [-0.3, -0.25) is 4.90 Å². The second kappa shape index (κ2) is 4.61. The van der Waals surface area contributed by atoms with E-state index in [1.165, 1.54) is 0 Å². The molecule has 1 aliphatic heterocycles. The lowest BCUT2D eigenvalue weighted by molar-refractivity contribution is 0.183. The molecule has 0 radical (unpaired) electrons. The zero-order valence-electron chi connectivity index (χ0n) is 10.8. The number of furan rings is 1. The summed E-state index contributed by atoms with van der Waals surface area (Å²) >= 11 is 0. The van der Waals surface area contributed by atoms with Crippen molar-refractivity contribution in [1.82, 2.24) is 24.6 Å². The molecule has 20 heavy (non-hydrogen) atoms. The molecule has 0 saturated carbocycles. The van der Waals surface area contributed by atoms with E-state index in [-0.39, 0.29) is 0 Å². The third kappa shape index (κ3) is 2.01. The van der Waals surface area contributed by atoms with Gasteiger partial charge in [-0.05, 0) is 12.1 Å². The summed E-state index contributed by atoms with van der Waals surface area (Å²) in [5.74, 6) is 2.77. The molecule has 4 rings (SSSR count). The van der Waals surface area contributed by atoms with Crippen LogP contribution in [-0.2, 0) is 19.6 Å². The van der Waals surface area contributed by atoms with Gasteiger partial charge < -0.3 is 13.5 Å². The first-order valence-corrected chi connectivity index (χ1v) is 6.47.